The maximum Gasteiger partial charge on any atom is 0.357 e. The normalized spacial score (nSPS) is 10.4. The molecular weight excluding hydrogens is 275 g/mol. The number of carbonyl (C=O) groups is 1. The summed E-state index contributed by atoms with van der Waals surface area (Å²) in [4.78, 5) is 11.7. The molecule has 0 aliphatic heterocycles. The number of methoxy groups -OCH3 is 1. The predicted octanol–water partition coefficient (Wildman–Crippen LogP) is 3.27. The van der Waals surface area contributed by atoms with E-state index < -0.39 is 5.97 Å². The highest BCUT2D eigenvalue weighted by atomic mass is 35.5. The molecule has 0 saturated carbocycles. The van der Waals surface area contributed by atoms with Crippen molar-refractivity contribution < 1.29 is 9.53 Å². The summed E-state index contributed by atoms with van der Waals surface area (Å²) < 4.78 is 6.13. The molecular formula is C12H10Cl2N2O2. The second-order valence-electron chi connectivity index (χ2n) is 3.65. The minimum absolute atomic E-state index is 0.313. The number of esters is 1. The van der Waals surface area contributed by atoms with Crippen molar-refractivity contribution in [3.8, 4) is 5.69 Å². The second kappa shape index (κ2) is 5.00. The molecule has 0 unspecified atom stereocenters. The smallest absolute Gasteiger partial charge is 0.357 e. The number of ether oxygens (including phenoxy) is 1. The van der Waals surface area contributed by atoms with Gasteiger partial charge in [0.25, 0.3) is 0 Å². The first kappa shape index (κ1) is 12.9. The molecule has 6 heteroatoms. The number of carbonyl (C=O) groups excluding carboxylic acids is 1. The number of hydrogen-bond donors (Lipinski definition) is 0. The molecule has 0 amide bonds. The van der Waals surface area contributed by atoms with Crippen LogP contribution in [0.3, 0.4) is 0 Å². The minimum Gasteiger partial charge on any atom is -0.464 e. The Bertz CT molecular complexity index is 588. The van der Waals surface area contributed by atoms with Gasteiger partial charge >= 0.3 is 5.97 Å². The van der Waals surface area contributed by atoms with Crippen LogP contribution in [-0.2, 0) is 4.74 Å². The Morgan fingerprint density at radius 2 is 1.94 bits per heavy atom. The Balaban J connectivity index is 2.69. The summed E-state index contributed by atoms with van der Waals surface area (Å²) in [6.07, 6.45) is 1.56. The van der Waals surface area contributed by atoms with Gasteiger partial charge in [-0.05, 0) is 19.1 Å². The van der Waals surface area contributed by atoms with Gasteiger partial charge < -0.3 is 4.74 Å². The van der Waals surface area contributed by atoms with Crippen molar-refractivity contribution in [3.05, 3.63) is 45.7 Å². The highest BCUT2D eigenvalue weighted by Gasteiger charge is 2.20. The molecule has 0 aliphatic rings. The molecule has 4 nitrogen and oxygen atoms in total. The monoisotopic (exact) mass is 284 g/mol. The average Bonchev–Trinajstić information content (AvgIpc) is 2.70. The van der Waals surface area contributed by atoms with Crippen LogP contribution in [0.4, 0.5) is 0 Å². The highest BCUT2D eigenvalue weighted by molar-refractivity contribution is 6.37. The topological polar surface area (TPSA) is 44.1 Å². The van der Waals surface area contributed by atoms with Crippen LogP contribution < -0.4 is 0 Å². The number of para-hydroxylation sites is 1. The summed E-state index contributed by atoms with van der Waals surface area (Å²) in [6, 6.07) is 5.09. The molecule has 0 N–H and O–H groups in total. The van der Waals surface area contributed by atoms with E-state index in [1.807, 2.05) is 0 Å². The molecule has 0 radical (unpaired) electrons. The largest absolute Gasteiger partial charge is 0.464 e. The van der Waals surface area contributed by atoms with Gasteiger partial charge in [0.2, 0.25) is 0 Å². The van der Waals surface area contributed by atoms with Crippen molar-refractivity contribution >= 4 is 29.2 Å². The van der Waals surface area contributed by atoms with Gasteiger partial charge in [-0.15, -0.1) is 0 Å². The average molecular weight is 285 g/mol. The zero-order valence-corrected chi connectivity index (χ0v) is 11.3. The van der Waals surface area contributed by atoms with Gasteiger partial charge in [0, 0.05) is 5.56 Å². The Kier molecular flexibility index (Phi) is 3.59. The highest BCUT2D eigenvalue weighted by Crippen LogP contribution is 2.29. The molecule has 1 heterocycles. The number of aromatic nitrogens is 2. The van der Waals surface area contributed by atoms with Gasteiger partial charge in [-0.25, -0.2) is 9.48 Å². The summed E-state index contributed by atoms with van der Waals surface area (Å²) in [5.74, 6) is -0.485. The molecule has 1 aromatic heterocycles. The third-order valence-electron chi connectivity index (χ3n) is 2.48. The van der Waals surface area contributed by atoms with Gasteiger partial charge in [0.15, 0.2) is 5.69 Å². The molecule has 0 atom stereocenters. The first-order valence-electron chi connectivity index (χ1n) is 5.13. The lowest BCUT2D eigenvalue weighted by atomic mass is 10.2. The fraction of sp³-hybridized carbons (Fsp3) is 0.167. The fourth-order valence-electron chi connectivity index (χ4n) is 1.64. The van der Waals surface area contributed by atoms with Gasteiger partial charge in [-0.2, -0.15) is 5.10 Å². The maximum absolute atomic E-state index is 11.7. The van der Waals surface area contributed by atoms with Crippen LogP contribution in [0.1, 0.15) is 16.1 Å². The van der Waals surface area contributed by atoms with Gasteiger partial charge in [-0.1, -0.05) is 29.3 Å². The number of hydrogen-bond acceptors (Lipinski definition) is 3. The molecule has 0 aliphatic carbocycles. The van der Waals surface area contributed by atoms with Gasteiger partial charge in [0.05, 0.1) is 23.4 Å². The molecule has 0 spiro atoms. The van der Waals surface area contributed by atoms with Crippen LogP contribution in [0.2, 0.25) is 10.0 Å². The number of aryl methyl sites for hydroxylation is 1. The van der Waals surface area contributed by atoms with E-state index in [2.05, 4.69) is 5.10 Å². The van der Waals surface area contributed by atoms with E-state index in [-0.39, 0.29) is 0 Å². The van der Waals surface area contributed by atoms with Crippen molar-refractivity contribution in [2.75, 3.05) is 7.11 Å². The molecule has 0 bridgehead atoms. The summed E-state index contributed by atoms with van der Waals surface area (Å²) in [6.45, 7) is 1.76. The van der Waals surface area contributed by atoms with E-state index in [0.717, 1.165) is 0 Å². The van der Waals surface area contributed by atoms with Crippen molar-refractivity contribution in [2.45, 2.75) is 6.92 Å². The van der Waals surface area contributed by atoms with E-state index in [9.17, 15) is 4.79 Å². The lowest BCUT2D eigenvalue weighted by Crippen LogP contribution is -2.12. The number of benzene rings is 1. The summed E-state index contributed by atoms with van der Waals surface area (Å²) in [5, 5.41) is 4.95. The fourth-order valence-corrected chi connectivity index (χ4v) is 2.19. The Morgan fingerprint density at radius 3 is 2.50 bits per heavy atom. The van der Waals surface area contributed by atoms with Gasteiger partial charge in [-0.3, -0.25) is 0 Å². The zero-order valence-electron chi connectivity index (χ0n) is 9.78. The number of nitrogens with zero attached hydrogens (tertiary/aromatic N) is 2. The minimum atomic E-state index is -0.485. The number of halogens is 2. The molecule has 1 aromatic carbocycles. The van der Waals surface area contributed by atoms with Gasteiger partial charge in [0.1, 0.15) is 5.69 Å². The van der Waals surface area contributed by atoms with Crippen LogP contribution in [0.15, 0.2) is 24.4 Å². The Hall–Kier alpha value is -1.52. The van der Waals surface area contributed by atoms with Crippen molar-refractivity contribution in [1.82, 2.24) is 9.78 Å². The SMILES string of the molecule is COC(=O)c1c(C)cnn1-c1c(Cl)cccc1Cl. The van der Waals surface area contributed by atoms with Crippen molar-refractivity contribution in [1.29, 1.82) is 0 Å². The Labute approximate surface area is 114 Å². The first-order valence-corrected chi connectivity index (χ1v) is 5.89. The third kappa shape index (κ3) is 2.09. The molecule has 2 aromatic rings. The maximum atomic E-state index is 11.7. The van der Waals surface area contributed by atoms with E-state index in [1.165, 1.54) is 11.8 Å². The van der Waals surface area contributed by atoms with Crippen LogP contribution in [-0.4, -0.2) is 22.9 Å². The van der Waals surface area contributed by atoms with E-state index in [0.29, 0.717) is 27.0 Å². The summed E-state index contributed by atoms with van der Waals surface area (Å²) in [7, 11) is 1.31. The molecule has 0 saturated heterocycles. The van der Waals surface area contributed by atoms with E-state index in [4.69, 9.17) is 27.9 Å². The summed E-state index contributed by atoms with van der Waals surface area (Å²) in [5.41, 5.74) is 1.47. The van der Waals surface area contributed by atoms with Crippen LogP contribution in [0.5, 0.6) is 0 Å². The quantitative estimate of drug-likeness (QED) is 0.795. The molecule has 94 valence electrons. The van der Waals surface area contributed by atoms with Crippen LogP contribution >= 0.6 is 23.2 Å². The third-order valence-corrected chi connectivity index (χ3v) is 3.09. The molecule has 18 heavy (non-hydrogen) atoms. The lowest BCUT2D eigenvalue weighted by molar-refractivity contribution is 0.0589. The van der Waals surface area contributed by atoms with Crippen molar-refractivity contribution in [2.24, 2.45) is 0 Å². The first-order chi connectivity index (χ1) is 8.56. The van der Waals surface area contributed by atoms with E-state index in [1.54, 1.807) is 31.3 Å². The number of rotatable bonds is 2. The van der Waals surface area contributed by atoms with Crippen LogP contribution in [0.25, 0.3) is 5.69 Å². The second-order valence-corrected chi connectivity index (χ2v) is 4.46. The van der Waals surface area contributed by atoms with Crippen LogP contribution in [0, 0.1) is 6.92 Å². The van der Waals surface area contributed by atoms with E-state index >= 15 is 0 Å². The van der Waals surface area contributed by atoms with Crippen molar-refractivity contribution in [3.63, 3.8) is 0 Å². The summed E-state index contributed by atoms with van der Waals surface area (Å²) >= 11 is 12.2. The molecule has 0 fully saturated rings. The molecule has 2 rings (SSSR count). The predicted molar refractivity (Wildman–Crippen MR) is 69.7 cm³/mol. The Morgan fingerprint density at radius 1 is 1.33 bits per heavy atom. The lowest BCUT2D eigenvalue weighted by Gasteiger charge is -2.10. The zero-order chi connectivity index (χ0) is 13.3. The standard InChI is InChI=1S/C12H10Cl2N2O2/c1-7-6-15-16(10(7)12(17)18-2)11-8(13)4-3-5-9(11)14/h3-6H,1-2H3.